The predicted octanol–water partition coefficient (Wildman–Crippen LogP) is 3.19. The van der Waals surface area contributed by atoms with Gasteiger partial charge in [0.05, 0.1) is 0 Å². The normalized spacial score (nSPS) is 19.4. The van der Waals surface area contributed by atoms with Crippen LogP contribution in [0.2, 0.25) is 0 Å². The average molecular weight is 264 g/mol. The van der Waals surface area contributed by atoms with Crippen LogP contribution < -0.4 is 5.32 Å². The summed E-state index contributed by atoms with van der Waals surface area (Å²) in [5, 5.41) is 2.72. The minimum absolute atomic E-state index is 0.0327. The first kappa shape index (κ1) is 14.2. The van der Waals surface area contributed by atoms with Gasteiger partial charge >= 0.3 is 0 Å². The van der Waals surface area contributed by atoms with E-state index in [2.05, 4.69) is 12.2 Å². The Labute approximate surface area is 108 Å². The third-order valence-electron chi connectivity index (χ3n) is 2.96. The van der Waals surface area contributed by atoms with Gasteiger partial charge in [0.25, 0.3) is 0 Å². The Balaban J connectivity index is 2.16. The zero-order valence-corrected chi connectivity index (χ0v) is 11.6. The van der Waals surface area contributed by atoms with E-state index in [1.807, 2.05) is 11.8 Å². The van der Waals surface area contributed by atoms with E-state index in [0.717, 1.165) is 30.8 Å². The summed E-state index contributed by atoms with van der Waals surface area (Å²) < 4.78 is 0. The molecule has 1 unspecified atom stereocenters. The molecule has 1 saturated carbocycles. The summed E-state index contributed by atoms with van der Waals surface area (Å²) in [5.74, 6) is 2.10. The highest BCUT2D eigenvalue weighted by atomic mass is 35.5. The van der Waals surface area contributed by atoms with Crippen LogP contribution in [0.3, 0.4) is 0 Å². The summed E-state index contributed by atoms with van der Waals surface area (Å²) in [7, 11) is 0. The number of hydrogen-bond donors (Lipinski definition) is 1. The van der Waals surface area contributed by atoms with E-state index in [9.17, 15) is 4.79 Å². The molecule has 94 valence electrons. The molecular formula is C12H22ClNOS. The second-order valence-electron chi connectivity index (χ2n) is 4.30. The summed E-state index contributed by atoms with van der Waals surface area (Å²) in [5.41, 5.74) is 0. The molecule has 1 atom stereocenters. The van der Waals surface area contributed by atoms with Gasteiger partial charge in [0.1, 0.15) is 5.38 Å². The standard InChI is InChI=1S/C12H22ClNOS/c1-2-16-9-8-11(13)12(15)14-10-6-4-3-5-7-10/h10-11H,2-9H2,1H3,(H,14,15). The Morgan fingerprint density at radius 2 is 2.12 bits per heavy atom. The van der Waals surface area contributed by atoms with Gasteiger partial charge in [0.15, 0.2) is 0 Å². The van der Waals surface area contributed by atoms with Crippen molar-refractivity contribution in [3.8, 4) is 0 Å². The van der Waals surface area contributed by atoms with Crippen LogP contribution in [0.5, 0.6) is 0 Å². The number of carbonyl (C=O) groups excluding carboxylic acids is 1. The first-order chi connectivity index (χ1) is 7.74. The summed E-state index contributed by atoms with van der Waals surface area (Å²) in [4.78, 5) is 11.8. The van der Waals surface area contributed by atoms with Gasteiger partial charge in [-0.3, -0.25) is 4.79 Å². The highest BCUT2D eigenvalue weighted by Gasteiger charge is 2.20. The number of rotatable bonds is 6. The Hall–Kier alpha value is 0.110. The Kier molecular flexibility index (Phi) is 7.30. The van der Waals surface area contributed by atoms with Crippen LogP contribution in [0.25, 0.3) is 0 Å². The van der Waals surface area contributed by atoms with E-state index in [1.165, 1.54) is 19.3 Å². The van der Waals surface area contributed by atoms with Crippen LogP contribution in [-0.2, 0) is 4.79 Å². The molecule has 0 aromatic carbocycles. The second kappa shape index (κ2) is 8.24. The second-order valence-corrected chi connectivity index (χ2v) is 6.22. The van der Waals surface area contributed by atoms with Gasteiger partial charge in [0.2, 0.25) is 5.91 Å². The maximum Gasteiger partial charge on any atom is 0.238 e. The molecule has 0 bridgehead atoms. The number of hydrogen-bond acceptors (Lipinski definition) is 2. The third kappa shape index (κ3) is 5.44. The summed E-state index contributed by atoms with van der Waals surface area (Å²) in [6.45, 7) is 2.12. The number of thioether (sulfide) groups is 1. The van der Waals surface area contributed by atoms with Crippen molar-refractivity contribution in [3.63, 3.8) is 0 Å². The molecule has 1 amide bonds. The molecule has 2 nitrogen and oxygen atoms in total. The molecule has 1 rings (SSSR count). The zero-order valence-electron chi connectivity index (χ0n) is 10.0. The molecule has 1 aliphatic carbocycles. The average Bonchev–Trinajstić information content (AvgIpc) is 2.30. The lowest BCUT2D eigenvalue weighted by Gasteiger charge is -2.23. The molecule has 1 aliphatic rings. The molecule has 0 saturated heterocycles. The number of amides is 1. The van der Waals surface area contributed by atoms with Gasteiger partial charge in [-0.1, -0.05) is 26.2 Å². The summed E-state index contributed by atoms with van der Waals surface area (Å²) in [6, 6.07) is 0.376. The van der Waals surface area contributed by atoms with Crippen molar-refractivity contribution < 1.29 is 4.79 Å². The van der Waals surface area contributed by atoms with Crippen LogP contribution in [0.4, 0.5) is 0 Å². The van der Waals surface area contributed by atoms with E-state index in [4.69, 9.17) is 11.6 Å². The minimum Gasteiger partial charge on any atom is -0.352 e. The van der Waals surface area contributed by atoms with Crippen LogP contribution in [-0.4, -0.2) is 28.8 Å². The van der Waals surface area contributed by atoms with E-state index in [-0.39, 0.29) is 11.3 Å². The number of halogens is 1. The molecule has 0 radical (unpaired) electrons. The lowest BCUT2D eigenvalue weighted by atomic mass is 9.95. The van der Waals surface area contributed by atoms with Gasteiger partial charge in [-0.05, 0) is 30.8 Å². The largest absolute Gasteiger partial charge is 0.352 e. The fourth-order valence-electron chi connectivity index (χ4n) is 2.00. The third-order valence-corrected chi connectivity index (χ3v) is 4.30. The van der Waals surface area contributed by atoms with Gasteiger partial charge in [-0.25, -0.2) is 0 Å². The number of nitrogens with one attached hydrogen (secondary N) is 1. The molecule has 0 aromatic rings. The number of carbonyl (C=O) groups is 1. The van der Waals surface area contributed by atoms with E-state index >= 15 is 0 Å². The van der Waals surface area contributed by atoms with Crippen molar-refractivity contribution in [3.05, 3.63) is 0 Å². The monoisotopic (exact) mass is 263 g/mol. The van der Waals surface area contributed by atoms with E-state index in [1.54, 1.807) is 0 Å². The van der Waals surface area contributed by atoms with Gasteiger partial charge < -0.3 is 5.32 Å². The molecule has 0 aliphatic heterocycles. The van der Waals surface area contributed by atoms with E-state index < -0.39 is 0 Å². The lowest BCUT2D eigenvalue weighted by Crippen LogP contribution is -2.40. The highest BCUT2D eigenvalue weighted by Crippen LogP contribution is 2.18. The molecule has 1 fully saturated rings. The number of alkyl halides is 1. The van der Waals surface area contributed by atoms with Crippen molar-refractivity contribution in [2.24, 2.45) is 0 Å². The van der Waals surface area contributed by atoms with Gasteiger partial charge in [-0.2, -0.15) is 11.8 Å². The maximum atomic E-state index is 11.8. The van der Waals surface area contributed by atoms with Crippen molar-refractivity contribution in [2.45, 2.75) is 56.9 Å². The first-order valence-corrected chi connectivity index (χ1v) is 7.85. The lowest BCUT2D eigenvalue weighted by molar-refractivity contribution is -0.121. The zero-order chi connectivity index (χ0) is 11.8. The van der Waals surface area contributed by atoms with Crippen LogP contribution >= 0.6 is 23.4 Å². The smallest absolute Gasteiger partial charge is 0.238 e. The SMILES string of the molecule is CCSCCC(Cl)C(=O)NC1CCCCC1. The van der Waals surface area contributed by atoms with Gasteiger partial charge in [-0.15, -0.1) is 11.6 Å². The summed E-state index contributed by atoms with van der Waals surface area (Å²) in [6.07, 6.45) is 6.81. The molecule has 1 N–H and O–H groups in total. The molecule has 0 aromatic heterocycles. The molecule has 0 spiro atoms. The Morgan fingerprint density at radius 1 is 1.44 bits per heavy atom. The Bertz CT molecular complexity index is 207. The predicted molar refractivity (Wildman–Crippen MR) is 72.3 cm³/mol. The first-order valence-electron chi connectivity index (χ1n) is 6.26. The van der Waals surface area contributed by atoms with Gasteiger partial charge in [0, 0.05) is 6.04 Å². The molecule has 0 heterocycles. The van der Waals surface area contributed by atoms with Crippen molar-refractivity contribution in [2.75, 3.05) is 11.5 Å². The van der Waals surface area contributed by atoms with Crippen molar-refractivity contribution in [1.29, 1.82) is 0 Å². The molecule has 16 heavy (non-hydrogen) atoms. The fraction of sp³-hybridized carbons (Fsp3) is 0.917. The summed E-state index contributed by atoms with van der Waals surface area (Å²) >= 11 is 7.90. The molecule has 4 heteroatoms. The topological polar surface area (TPSA) is 29.1 Å². The van der Waals surface area contributed by atoms with Crippen LogP contribution in [0, 0.1) is 0 Å². The van der Waals surface area contributed by atoms with Crippen molar-refractivity contribution in [1.82, 2.24) is 5.32 Å². The highest BCUT2D eigenvalue weighted by molar-refractivity contribution is 7.99. The fourth-order valence-corrected chi connectivity index (χ4v) is 2.99. The maximum absolute atomic E-state index is 11.8. The van der Waals surface area contributed by atoms with E-state index in [0.29, 0.717) is 6.04 Å². The quantitative estimate of drug-likeness (QED) is 0.589. The minimum atomic E-state index is -0.346. The van der Waals surface area contributed by atoms with Crippen LogP contribution in [0.1, 0.15) is 45.4 Å². The van der Waals surface area contributed by atoms with Crippen molar-refractivity contribution >= 4 is 29.3 Å². The molecular weight excluding hydrogens is 242 g/mol. The Morgan fingerprint density at radius 3 is 2.75 bits per heavy atom. The van der Waals surface area contributed by atoms with Crippen LogP contribution in [0.15, 0.2) is 0 Å².